The zero-order valence-electron chi connectivity index (χ0n) is 28.3. The molecule has 40 heavy (non-hydrogen) atoms. The van der Waals surface area contributed by atoms with E-state index in [1.807, 2.05) is 6.08 Å². The molecule has 4 nitrogen and oxygen atoms in total. The van der Waals surface area contributed by atoms with Gasteiger partial charge in [-0.05, 0) is 67.9 Å². The second-order valence-electron chi connectivity index (χ2n) is 15.8. The molecule has 0 spiro atoms. The summed E-state index contributed by atoms with van der Waals surface area (Å²) in [5.74, 6) is 0.937. The molecule has 0 aromatic heterocycles. The molecular weight excluding hydrogens is 529 g/mol. The monoisotopic (exact) mass is 592 g/mol. The molecule has 0 amide bonds. The van der Waals surface area contributed by atoms with E-state index in [0.717, 1.165) is 38.5 Å². The molecule has 0 aromatic carbocycles. The number of hydrogen-bond donors (Lipinski definition) is 0. The maximum absolute atomic E-state index is 12.7. The van der Waals surface area contributed by atoms with E-state index in [2.05, 4.69) is 93.7 Å². The SMILES string of the molecule is CCCC[C@H](C)C[C@@H](/C=C/[C@H]1C(O[Si](C)(C)C(C)(C)C)C[C@@H]2OC(=O)/C=C/CCCC[C@@H]21)O[Si](C)(C)C(C)(C)C. The molecule has 1 unspecified atom stereocenters. The third kappa shape index (κ3) is 10.2. The molecule has 2 aliphatic rings. The van der Waals surface area contributed by atoms with Crippen molar-refractivity contribution in [1.82, 2.24) is 0 Å². The molecule has 0 bridgehead atoms. The predicted molar refractivity (Wildman–Crippen MR) is 176 cm³/mol. The van der Waals surface area contributed by atoms with Gasteiger partial charge in [-0.2, -0.15) is 0 Å². The van der Waals surface area contributed by atoms with Gasteiger partial charge < -0.3 is 13.6 Å². The summed E-state index contributed by atoms with van der Waals surface area (Å²) < 4.78 is 20.3. The van der Waals surface area contributed by atoms with Crippen molar-refractivity contribution in [1.29, 1.82) is 0 Å². The van der Waals surface area contributed by atoms with Crippen LogP contribution in [-0.2, 0) is 18.4 Å². The Kier molecular flexibility index (Phi) is 13.0. The van der Waals surface area contributed by atoms with Gasteiger partial charge in [0.25, 0.3) is 0 Å². The fourth-order valence-corrected chi connectivity index (χ4v) is 8.25. The highest BCUT2D eigenvalue weighted by atomic mass is 28.4. The van der Waals surface area contributed by atoms with Gasteiger partial charge in [0.05, 0.1) is 12.2 Å². The van der Waals surface area contributed by atoms with Crippen LogP contribution in [0.25, 0.3) is 0 Å². The minimum absolute atomic E-state index is 0.0655. The topological polar surface area (TPSA) is 44.8 Å². The van der Waals surface area contributed by atoms with Gasteiger partial charge >= 0.3 is 5.97 Å². The number of carbonyl (C=O) groups is 1. The lowest BCUT2D eigenvalue weighted by molar-refractivity contribution is -0.145. The summed E-state index contributed by atoms with van der Waals surface area (Å²) in [4.78, 5) is 12.7. The molecule has 6 atom stereocenters. The summed E-state index contributed by atoms with van der Waals surface area (Å²) in [6.07, 6.45) is 18.4. The Morgan fingerprint density at radius 3 is 2.30 bits per heavy atom. The summed E-state index contributed by atoms with van der Waals surface area (Å²) >= 11 is 0. The molecule has 0 radical (unpaired) electrons. The lowest BCUT2D eigenvalue weighted by Crippen LogP contribution is -2.45. The second kappa shape index (κ2) is 14.7. The quantitative estimate of drug-likeness (QED) is 0.136. The molecule has 0 aromatic rings. The van der Waals surface area contributed by atoms with Crippen molar-refractivity contribution in [2.24, 2.45) is 17.8 Å². The molecule has 2 rings (SSSR count). The van der Waals surface area contributed by atoms with Crippen molar-refractivity contribution in [2.75, 3.05) is 0 Å². The Labute approximate surface area is 250 Å². The first-order chi connectivity index (χ1) is 18.4. The van der Waals surface area contributed by atoms with Crippen LogP contribution in [0.4, 0.5) is 0 Å². The van der Waals surface area contributed by atoms with Crippen molar-refractivity contribution in [3.63, 3.8) is 0 Å². The first kappa shape index (κ1) is 35.5. The van der Waals surface area contributed by atoms with Gasteiger partial charge in [0.1, 0.15) is 6.10 Å². The number of carbonyl (C=O) groups excluding carboxylic acids is 1. The smallest absolute Gasteiger partial charge is 0.330 e. The number of hydrogen-bond acceptors (Lipinski definition) is 4. The summed E-state index contributed by atoms with van der Waals surface area (Å²) in [5, 5.41) is 0.288. The van der Waals surface area contributed by atoms with Crippen LogP contribution in [0.5, 0.6) is 0 Å². The molecule has 6 heteroatoms. The lowest BCUT2D eigenvalue weighted by atomic mass is 9.87. The second-order valence-corrected chi connectivity index (χ2v) is 25.4. The first-order valence-electron chi connectivity index (χ1n) is 16.3. The van der Waals surface area contributed by atoms with Crippen LogP contribution < -0.4 is 0 Å². The summed E-state index contributed by atoms with van der Waals surface area (Å²) in [5.41, 5.74) is 0. The van der Waals surface area contributed by atoms with Gasteiger partial charge in [0.2, 0.25) is 0 Å². The van der Waals surface area contributed by atoms with Crippen molar-refractivity contribution in [2.45, 2.75) is 168 Å². The van der Waals surface area contributed by atoms with Crippen LogP contribution in [-0.4, -0.2) is 40.9 Å². The molecule has 232 valence electrons. The van der Waals surface area contributed by atoms with Crippen LogP contribution >= 0.6 is 0 Å². The van der Waals surface area contributed by atoms with E-state index in [4.69, 9.17) is 13.6 Å². The van der Waals surface area contributed by atoms with Crippen LogP contribution in [0.3, 0.4) is 0 Å². The number of esters is 1. The average Bonchev–Trinajstić information content (AvgIpc) is 3.11. The van der Waals surface area contributed by atoms with Gasteiger partial charge in [-0.25, -0.2) is 4.79 Å². The fraction of sp³-hybridized carbons (Fsp3) is 0.853. The zero-order valence-corrected chi connectivity index (χ0v) is 30.3. The van der Waals surface area contributed by atoms with E-state index in [1.54, 1.807) is 6.08 Å². The molecular formula is C34H64O4Si2. The number of rotatable bonds is 11. The highest BCUT2D eigenvalue weighted by molar-refractivity contribution is 6.74. The summed E-state index contributed by atoms with van der Waals surface area (Å²) in [6.45, 7) is 28.0. The third-order valence-corrected chi connectivity index (χ3v) is 19.3. The van der Waals surface area contributed by atoms with E-state index in [-0.39, 0.29) is 46.2 Å². The summed E-state index contributed by atoms with van der Waals surface area (Å²) in [6, 6.07) is 0. The maximum atomic E-state index is 12.7. The third-order valence-electron chi connectivity index (χ3n) is 10.3. The lowest BCUT2D eigenvalue weighted by Gasteiger charge is -2.40. The molecule has 0 N–H and O–H groups in total. The molecule has 1 aliphatic carbocycles. The Hall–Kier alpha value is -0.696. The number of allylic oxidation sites excluding steroid dienone is 1. The van der Waals surface area contributed by atoms with Gasteiger partial charge in [-0.15, -0.1) is 0 Å². The van der Waals surface area contributed by atoms with E-state index in [9.17, 15) is 4.79 Å². The van der Waals surface area contributed by atoms with Crippen LogP contribution in [0.2, 0.25) is 36.3 Å². The average molecular weight is 593 g/mol. The number of unbranched alkanes of at least 4 members (excludes halogenated alkanes) is 1. The van der Waals surface area contributed by atoms with E-state index in [1.165, 1.54) is 19.3 Å². The number of fused-ring (bicyclic) bond motifs is 1. The summed E-state index contributed by atoms with van der Waals surface area (Å²) in [7, 11) is -3.96. The van der Waals surface area contributed by atoms with E-state index in [0.29, 0.717) is 5.92 Å². The van der Waals surface area contributed by atoms with E-state index < -0.39 is 16.6 Å². The van der Waals surface area contributed by atoms with Crippen LogP contribution in [0, 0.1) is 17.8 Å². The van der Waals surface area contributed by atoms with Gasteiger partial charge in [0, 0.05) is 24.3 Å². The van der Waals surface area contributed by atoms with Crippen LogP contribution in [0.1, 0.15) is 113 Å². The predicted octanol–water partition coefficient (Wildman–Crippen LogP) is 10.2. The molecule has 1 saturated carbocycles. The van der Waals surface area contributed by atoms with Crippen molar-refractivity contribution in [3.8, 4) is 0 Å². The largest absolute Gasteiger partial charge is 0.459 e. The Bertz CT molecular complexity index is 849. The first-order valence-corrected chi connectivity index (χ1v) is 22.1. The van der Waals surface area contributed by atoms with Crippen molar-refractivity contribution < 1.29 is 18.4 Å². The number of ether oxygens (including phenoxy) is 1. The normalized spacial score (nSPS) is 27.8. The Morgan fingerprint density at radius 2 is 1.70 bits per heavy atom. The highest BCUT2D eigenvalue weighted by Crippen LogP contribution is 2.46. The maximum Gasteiger partial charge on any atom is 0.330 e. The van der Waals surface area contributed by atoms with Gasteiger partial charge in [-0.1, -0.05) is 99.3 Å². The molecule has 1 aliphatic heterocycles. The highest BCUT2D eigenvalue weighted by Gasteiger charge is 2.49. The van der Waals surface area contributed by atoms with Gasteiger partial charge in [0.15, 0.2) is 16.6 Å². The van der Waals surface area contributed by atoms with Crippen LogP contribution in [0.15, 0.2) is 24.3 Å². The molecule has 1 heterocycles. The minimum Gasteiger partial charge on any atom is -0.459 e. The fourth-order valence-electron chi connectivity index (χ4n) is 5.60. The molecule has 0 saturated heterocycles. The Balaban J connectivity index is 2.43. The van der Waals surface area contributed by atoms with E-state index >= 15 is 0 Å². The Morgan fingerprint density at radius 1 is 1.05 bits per heavy atom. The van der Waals surface area contributed by atoms with Crippen molar-refractivity contribution in [3.05, 3.63) is 24.3 Å². The molecule has 1 fully saturated rings. The zero-order chi connectivity index (χ0) is 30.4. The minimum atomic E-state index is -2.01. The van der Waals surface area contributed by atoms with Crippen molar-refractivity contribution >= 4 is 22.6 Å². The van der Waals surface area contributed by atoms with Gasteiger partial charge in [-0.3, -0.25) is 0 Å². The standard InChI is InChI=1S/C34H64O4Si2/c1-13-14-19-26(2)24-27(37-39(9,10)33(3,4)5)22-23-29-28-20-17-15-16-18-21-32(35)36-30(28)25-31(29)38-40(11,12)34(6,7)8/h18,21-23,26-31H,13-17,19-20,24-25H2,1-12H3/b21-18+,23-22+/t26-,27+,28+,29+,30-,31?/m0/s1.